The second kappa shape index (κ2) is 7.99. The Bertz CT molecular complexity index is 848. The van der Waals surface area contributed by atoms with Gasteiger partial charge in [0.2, 0.25) is 0 Å². The minimum absolute atomic E-state index is 0.185. The highest BCUT2D eigenvalue weighted by Gasteiger charge is 2.41. The first-order valence-electron chi connectivity index (χ1n) is 9.95. The standard InChI is InChI=1S/C25H25NO/c26-18-23-17-24(23)19-27-25(14-11-20-7-3-1-4-8-20)15-12-22(13-16-25)21-9-5-2-6-10-21/h1-10,22-24H,12-13,15-17,19H2. The summed E-state index contributed by atoms with van der Waals surface area (Å²) >= 11 is 0. The molecular formula is C25H25NO. The molecule has 2 saturated carbocycles. The molecule has 136 valence electrons. The minimum atomic E-state index is -0.371. The van der Waals surface area contributed by atoms with E-state index in [4.69, 9.17) is 10.00 Å². The van der Waals surface area contributed by atoms with Crippen LogP contribution in [0.1, 0.15) is 49.1 Å². The van der Waals surface area contributed by atoms with Crippen LogP contribution in [-0.2, 0) is 4.74 Å². The van der Waals surface area contributed by atoms with Crippen molar-refractivity contribution in [2.24, 2.45) is 11.8 Å². The van der Waals surface area contributed by atoms with E-state index in [1.165, 1.54) is 5.56 Å². The molecule has 2 heteroatoms. The van der Waals surface area contributed by atoms with Gasteiger partial charge in [0.25, 0.3) is 0 Å². The van der Waals surface area contributed by atoms with Crippen LogP contribution in [0.2, 0.25) is 0 Å². The summed E-state index contributed by atoms with van der Waals surface area (Å²) < 4.78 is 6.41. The molecule has 0 N–H and O–H groups in total. The Kier molecular flexibility index (Phi) is 5.28. The zero-order valence-corrected chi connectivity index (χ0v) is 15.6. The Morgan fingerprint density at radius 3 is 2.26 bits per heavy atom. The minimum Gasteiger partial charge on any atom is -0.362 e. The molecule has 0 heterocycles. The summed E-state index contributed by atoms with van der Waals surface area (Å²) in [6.07, 6.45) is 5.08. The van der Waals surface area contributed by atoms with Crippen LogP contribution in [-0.4, -0.2) is 12.2 Å². The van der Waals surface area contributed by atoms with E-state index in [1.807, 2.05) is 30.3 Å². The first-order chi connectivity index (χ1) is 13.3. The summed E-state index contributed by atoms with van der Waals surface area (Å²) in [5, 5.41) is 9.06. The predicted octanol–water partition coefficient (Wildman–Crippen LogP) is 5.31. The highest BCUT2D eigenvalue weighted by Crippen LogP contribution is 2.43. The molecule has 2 aliphatic rings. The van der Waals surface area contributed by atoms with Crippen LogP contribution in [0.15, 0.2) is 60.7 Å². The van der Waals surface area contributed by atoms with E-state index in [0.717, 1.165) is 37.7 Å². The van der Waals surface area contributed by atoms with Crippen molar-refractivity contribution in [1.82, 2.24) is 0 Å². The number of benzene rings is 2. The third-order valence-corrected chi connectivity index (χ3v) is 5.93. The SMILES string of the molecule is N#CC1CC1COC1(C#Cc2ccccc2)CCC(c2ccccc2)CC1. The lowest BCUT2D eigenvalue weighted by atomic mass is 9.76. The Morgan fingerprint density at radius 2 is 1.63 bits per heavy atom. The fourth-order valence-electron chi connectivity index (χ4n) is 4.01. The van der Waals surface area contributed by atoms with Crippen LogP contribution in [0.25, 0.3) is 0 Å². The molecule has 0 bridgehead atoms. The molecule has 2 nitrogen and oxygen atoms in total. The Hall–Kier alpha value is -2.55. The lowest BCUT2D eigenvalue weighted by Gasteiger charge is -2.36. The lowest BCUT2D eigenvalue weighted by molar-refractivity contribution is -0.0351. The number of hydrogen-bond donors (Lipinski definition) is 0. The van der Waals surface area contributed by atoms with Gasteiger partial charge in [0, 0.05) is 5.56 Å². The summed E-state index contributed by atoms with van der Waals surface area (Å²) in [6, 6.07) is 23.3. The zero-order chi connectivity index (χ0) is 18.5. The molecule has 0 aliphatic heterocycles. The van der Waals surface area contributed by atoms with E-state index < -0.39 is 0 Å². The Balaban J connectivity index is 1.47. The van der Waals surface area contributed by atoms with Crippen molar-refractivity contribution in [3.05, 3.63) is 71.8 Å². The quantitative estimate of drug-likeness (QED) is 0.696. The van der Waals surface area contributed by atoms with Gasteiger partial charge in [0.05, 0.1) is 18.6 Å². The van der Waals surface area contributed by atoms with Gasteiger partial charge < -0.3 is 4.74 Å². The molecule has 27 heavy (non-hydrogen) atoms. The monoisotopic (exact) mass is 355 g/mol. The zero-order valence-electron chi connectivity index (χ0n) is 15.6. The van der Waals surface area contributed by atoms with E-state index in [9.17, 15) is 0 Å². The third kappa shape index (κ3) is 4.41. The van der Waals surface area contributed by atoms with Crippen LogP contribution in [0, 0.1) is 35.0 Å². The maximum Gasteiger partial charge on any atom is 0.129 e. The predicted molar refractivity (Wildman–Crippen MR) is 107 cm³/mol. The van der Waals surface area contributed by atoms with E-state index in [1.54, 1.807) is 0 Å². The van der Waals surface area contributed by atoms with Crippen molar-refractivity contribution in [2.45, 2.75) is 43.6 Å². The molecule has 2 unspecified atom stereocenters. The lowest BCUT2D eigenvalue weighted by Crippen LogP contribution is -2.36. The largest absolute Gasteiger partial charge is 0.362 e. The van der Waals surface area contributed by atoms with E-state index in [-0.39, 0.29) is 11.5 Å². The topological polar surface area (TPSA) is 33.0 Å². The average molecular weight is 355 g/mol. The van der Waals surface area contributed by atoms with Crippen LogP contribution in [0.5, 0.6) is 0 Å². The first kappa shape index (κ1) is 17.8. The second-order valence-corrected chi connectivity index (χ2v) is 7.84. The van der Waals surface area contributed by atoms with Gasteiger partial charge in [-0.1, -0.05) is 60.4 Å². The number of hydrogen-bond acceptors (Lipinski definition) is 2. The maximum atomic E-state index is 9.06. The maximum absolute atomic E-state index is 9.06. The summed E-state index contributed by atoms with van der Waals surface area (Å²) in [4.78, 5) is 0. The fraction of sp³-hybridized carbons (Fsp3) is 0.400. The number of rotatable bonds is 4. The number of nitriles is 1. The molecule has 2 atom stereocenters. The third-order valence-electron chi connectivity index (χ3n) is 5.93. The number of nitrogens with zero attached hydrogens (tertiary/aromatic N) is 1. The van der Waals surface area contributed by atoms with Crippen molar-refractivity contribution in [3.8, 4) is 17.9 Å². The van der Waals surface area contributed by atoms with Gasteiger partial charge in [0.15, 0.2) is 0 Å². The summed E-state index contributed by atoms with van der Waals surface area (Å²) in [7, 11) is 0. The van der Waals surface area contributed by atoms with Gasteiger partial charge in [-0.2, -0.15) is 5.26 Å². The van der Waals surface area contributed by atoms with Crippen LogP contribution < -0.4 is 0 Å². The van der Waals surface area contributed by atoms with Crippen molar-refractivity contribution >= 4 is 0 Å². The van der Waals surface area contributed by atoms with E-state index >= 15 is 0 Å². The fourth-order valence-corrected chi connectivity index (χ4v) is 4.01. The summed E-state index contributed by atoms with van der Waals surface area (Å²) in [5.74, 6) is 8.00. The highest BCUT2D eigenvalue weighted by atomic mass is 16.5. The molecule has 0 saturated heterocycles. The van der Waals surface area contributed by atoms with E-state index in [2.05, 4.69) is 48.2 Å². The smallest absolute Gasteiger partial charge is 0.129 e. The van der Waals surface area contributed by atoms with Crippen LogP contribution >= 0.6 is 0 Å². The van der Waals surface area contributed by atoms with Gasteiger partial charge in [-0.25, -0.2) is 0 Å². The van der Waals surface area contributed by atoms with Crippen molar-refractivity contribution in [1.29, 1.82) is 5.26 Å². The molecule has 2 aromatic carbocycles. The molecule has 0 aromatic heterocycles. The van der Waals surface area contributed by atoms with E-state index in [0.29, 0.717) is 18.4 Å². The van der Waals surface area contributed by atoms with Gasteiger partial charge >= 0.3 is 0 Å². The molecule has 0 spiro atoms. The van der Waals surface area contributed by atoms with Gasteiger partial charge in [-0.3, -0.25) is 0 Å². The molecule has 0 radical (unpaired) electrons. The average Bonchev–Trinajstić information content (AvgIpc) is 3.52. The van der Waals surface area contributed by atoms with Gasteiger partial charge in [-0.05, 0) is 61.6 Å². The first-order valence-corrected chi connectivity index (χ1v) is 9.95. The molecule has 2 aliphatic carbocycles. The molecule has 2 aromatic rings. The van der Waals surface area contributed by atoms with Crippen LogP contribution in [0.4, 0.5) is 0 Å². The van der Waals surface area contributed by atoms with Crippen molar-refractivity contribution in [2.75, 3.05) is 6.61 Å². The normalized spacial score (nSPS) is 29.2. The van der Waals surface area contributed by atoms with Crippen molar-refractivity contribution < 1.29 is 4.74 Å². The summed E-state index contributed by atoms with van der Waals surface area (Å²) in [6.45, 7) is 0.664. The Labute approximate surface area is 162 Å². The second-order valence-electron chi connectivity index (χ2n) is 7.84. The molecule has 4 rings (SSSR count). The van der Waals surface area contributed by atoms with Crippen LogP contribution in [0.3, 0.4) is 0 Å². The Morgan fingerprint density at radius 1 is 0.963 bits per heavy atom. The number of ether oxygens (including phenoxy) is 1. The van der Waals surface area contributed by atoms with Gasteiger partial charge in [-0.15, -0.1) is 0 Å². The highest BCUT2D eigenvalue weighted by molar-refractivity contribution is 5.36. The molecule has 0 amide bonds. The molecule has 2 fully saturated rings. The molecular weight excluding hydrogens is 330 g/mol. The van der Waals surface area contributed by atoms with Gasteiger partial charge in [0.1, 0.15) is 5.60 Å². The van der Waals surface area contributed by atoms with Crippen molar-refractivity contribution in [3.63, 3.8) is 0 Å². The summed E-state index contributed by atoms with van der Waals surface area (Å²) in [5.41, 5.74) is 2.09.